The molecule has 3 aliphatic rings. The van der Waals surface area contributed by atoms with Crippen molar-refractivity contribution in [2.24, 2.45) is 11.8 Å². The van der Waals surface area contributed by atoms with Crippen molar-refractivity contribution in [2.45, 2.75) is 25.0 Å². The van der Waals surface area contributed by atoms with Gasteiger partial charge < -0.3 is 9.84 Å². The molecule has 158 valence electrons. The number of benzene rings is 1. The Bertz CT molecular complexity index is 972. The second-order valence-electron chi connectivity index (χ2n) is 7.42. The first kappa shape index (κ1) is 21.7. The first-order valence-electron chi connectivity index (χ1n) is 9.38. The lowest BCUT2D eigenvalue weighted by Gasteiger charge is -2.50. The molecule has 1 aromatic heterocycles. The number of hydrogen-bond donors (Lipinski definition) is 3. The van der Waals surface area contributed by atoms with Gasteiger partial charge in [-0.15, -0.1) is 6.58 Å². The Labute approximate surface area is 170 Å². The van der Waals surface area contributed by atoms with Gasteiger partial charge in [-0.3, -0.25) is 19.0 Å². The fourth-order valence-electron chi connectivity index (χ4n) is 4.44. The smallest absolute Gasteiger partial charge is 0.394 e. The van der Waals surface area contributed by atoms with Crippen LogP contribution in [0, 0.1) is 11.8 Å². The number of aromatic nitrogens is 1. The minimum Gasteiger partial charge on any atom is -0.497 e. The van der Waals surface area contributed by atoms with E-state index in [0.29, 0.717) is 11.8 Å². The van der Waals surface area contributed by atoms with E-state index in [0.717, 1.165) is 41.7 Å². The molecule has 8 nitrogen and oxygen atoms in total. The second kappa shape index (κ2) is 8.76. The number of hydrogen-bond acceptors (Lipinski definition) is 6. The van der Waals surface area contributed by atoms with Gasteiger partial charge in [0.2, 0.25) is 0 Å². The zero-order valence-electron chi connectivity index (χ0n) is 16.2. The zero-order valence-corrected chi connectivity index (χ0v) is 17.0. The molecule has 5 atom stereocenters. The fourth-order valence-corrected chi connectivity index (χ4v) is 4.44. The van der Waals surface area contributed by atoms with Crippen LogP contribution in [0.15, 0.2) is 43.1 Å². The number of aliphatic hydroxyl groups excluding tert-OH is 1. The molecule has 9 heteroatoms. The first-order chi connectivity index (χ1) is 13.7. The summed E-state index contributed by atoms with van der Waals surface area (Å²) in [6.45, 7) is 6.07. The number of ether oxygens (including phenoxy) is 1. The monoisotopic (exact) mass is 422 g/mol. The molecular formula is C20H26N2O6S. The summed E-state index contributed by atoms with van der Waals surface area (Å²) >= 11 is 0. The quantitative estimate of drug-likeness (QED) is 0.508. The van der Waals surface area contributed by atoms with E-state index in [-0.39, 0.29) is 6.04 Å². The van der Waals surface area contributed by atoms with E-state index in [4.69, 9.17) is 22.3 Å². The van der Waals surface area contributed by atoms with Gasteiger partial charge in [-0.1, -0.05) is 6.08 Å². The standard InChI is InChI=1S/C20H24N2O2.H2O4S/c1-3-13-12-22-9-7-14(13)10-19(22)20(23)16-6-8-21-18-5-4-15(24-2)11-17(16)18;1-5(2,3)4/h3-6,8,11,13-14,19-20,23H,1,7,9-10,12H2,2H3;(H2,1,2,3,4)/t13-,14-,19-,20+;/m1./s1. The lowest BCUT2D eigenvalue weighted by Crippen LogP contribution is -2.54. The molecule has 29 heavy (non-hydrogen) atoms. The SMILES string of the molecule is C=C[C@@H]1CN2CC[C@@H]1C[C@@H]2[C@@H](O)c1ccnc2ccc(OC)cc12.O=S(=O)(O)O. The van der Waals surface area contributed by atoms with Crippen LogP contribution >= 0.6 is 0 Å². The number of rotatable bonds is 4. The minimum atomic E-state index is -4.67. The topological polar surface area (TPSA) is 120 Å². The molecule has 5 rings (SSSR count). The third-order valence-corrected chi connectivity index (χ3v) is 5.82. The third-order valence-electron chi connectivity index (χ3n) is 5.82. The Morgan fingerprint density at radius 3 is 2.66 bits per heavy atom. The maximum atomic E-state index is 11.2. The summed E-state index contributed by atoms with van der Waals surface area (Å²) in [5.74, 6) is 2.01. The minimum absolute atomic E-state index is 0.178. The number of nitrogens with zero attached hydrogens (tertiary/aromatic N) is 2. The largest absolute Gasteiger partial charge is 0.497 e. The molecule has 3 fully saturated rings. The number of methoxy groups -OCH3 is 1. The maximum absolute atomic E-state index is 11.2. The van der Waals surface area contributed by atoms with Gasteiger partial charge in [0.25, 0.3) is 0 Å². The van der Waals surface area contributed by atoms with Crippen LogP contribution in [0.4, 0.5) is 0 Å². The van der Waals surface area contributed by atoms with Gasteiger partial charge in [0.05, 0.1) is 18.7 Å². The highest BCUT2D eigenvalue weighted by molar-refractivity contribution is 7.79. The van der Waals surface area contributed by atoms with Crippen LogP contribution in [0.1, 0.15) is 24.5 Å². The van der Waals surface area contributed by atoms with Gasteiger partial charge in [0.1, 0.15) is 5.75 Å². The Hall–Kier alpha value is -2.04. The predicted octanol–water partition coefficient (Wildman–Crippen LogP) is 2.52. The molecule has 0 saturated carbocycles. The summed E-state index contributed by atoms with van der Waals surface area (Å²) in [5, 5.41) is 12.1. The van der Waals surface area contributed by atoms with E-state index in [1.807, 2.05) is 24.3 Å². The van der Waals surface area contributed by atoms with Crippen molar-refractivity contribution in [2.75, 3.05) is 20.2 Å². The molecule has 4 heterocycles. The molecule has 0 spiro atoms. The first-order valence-corrected chi connectivity index (χ1v) is 10.8. The van der Waals surface area contributed by atoms with Gasteiger partial charge in [-0.25, -0.2) is 0 Å². The van der Waals surface area contributed by atoms with E-state index in [9.17, 15) is 5.11 Å². The highest BCUT2D eigenvalue weighted by Crippen LogP contribution is 2.42. The van der Waals surface area contributed by atoms with Gasteiger partial charge in [-0.05, 0) is 61.1 Å². The average Bonchev–Trinajstić information content (AvgIpc) is 2.71. The average molecular weight is 423 g/mol. The Morgan fingerprint density at radius 1 is 1.34 bits per heavy atom. The molecule has 1 aromatic carbocycles. The third kappa shape index (κ3) is 5.12. The molecule has 0 amide bonds. The van der Waals surface area contributed by atoms with Gasteiger partial charge in [-0.2, -0.15) is 8.42 Å². The van der Waals surface area contributed by atoms with E-state index in [1.165, 1.54) is 6.42 Å². The maximum Gasteiger partial charge on any atom is 0.394 e. The van der Waals surface area contributed by atoms with Gasteiger partial charge in [0.15, 0.2) is 0 Å². The van der Waals surface area contributed by atoms with Crippen LogP contribution in [0.5, 0.6) is 5.75 Å². The lowest BCUT2D eigenvalue weighted by molar-refractivity contribution is -0.0444. The lowest BCUT2D eigenvalue weighted by atomic mass is 9.73. The molecule has 0 radical (unpaired) electrons. The molecule has 3 aliphatic heterocycles. The van der Waals surface area contributed by atoms with Crippen molar-refractivity contribution in [1.29, 1.82) is 0 Å². The van der Waals surface area contributed by atoms with Gasteiger partial charge >= 0.3 is 10.4 Å². The summed E-state index contributed by atoms with van der Waals surface area (Å²) in [5.41, 5.74) is 1.85. The summed E-state index contributed by atoms with van der Waals surface area (Å²) in [7, 11) is -3.01. The predicted molar refractivity (Wildman–Crippen MR) is 109 cm³/mol. The molecule has 2 bridgehead atoms. The molecule has 3 saturated heterocycles. The van der Waals surface area contributed by atoms with Crippen molar-refractivity contribution in [3.63, 3.8) is 0 Å². The Morgan fingerprint density at radius 2 is 2.07 bits per heavy atom. The summed E-state index contributed by atoms with van der Waals surface area (Å²) in [6.07, 6.45) is 5.62. The van der Waals surface area contributed by atoms with Gasteiger partial charge in [0, 0.05) is 24.2 Å². The molecule has 0 aliphatic carbocycles. The molecule has 3 N–H and O–H groups in total. The number of piperidine rings is 3. The van der Waals surface area contributed by atoms with E-state index >= 15 is 0 Å². The molecular weight excluding hydrogens is 396 g/mol. The van der Waals surface area contributed by atoms with E-state index in [2.05, 4.69) is 22.5 Å². The Kier molecular flexibility index (Phi) is 6.55. The van der Waals surface area contributed by atoms with E-state index in [1.54, 1.807) is 13.3 Å². The van der Waals surface area contributed by atoms with Crippen LogP contribution in [0.3, 0.4) is 0 Å². The number of aliphatic hydroxyl groups is 1. The molecule has 2 aromatic rings. The van der Waals surface area contributed by atoms with Crippen LogP contribution in [0.25, 0.3) is 10.9 Å². The second-order valence-corrected chi connectivity index (χ2v) is 8.32. The zero-order chi connectivity index (χ0) is 21.2. The van der Waals surface area contributed by atoms with Crippen LogP contribution in [0.2, 0.25) is 0 Å². The van der Waals surface area contributed by atoms with E-state index < -0.39 is 16.5 Å². The fraction of sp³-hybridized carbons (Fsp3) is 0.450. The highest BCUT2D eigenvalue weighted by atomic mass is 32.3. The van der Waals surface area contributed by atoms with Crippen molar-refractivity contribution < 1.29 is 27.4 Å². The van der Waals surface area contributed by atoms with Crippen LogP contribution in [-0.2, 0) is 10.4 Å². The van der Waals surface area contributed by atoms with Crippen molar-refractivity contribution in [3.8, 4) is 5.75 Å². The summed E-state index contributed by atoms with van der Waals surface area (Å²) in [4.78, 5) is 6.86. The van der Waals surface area contributed by atoms with Crippen molar-refractivity contribution >= 4 is 21.3 Å². The Balaban J connectivity index is 0.000000431. The highest BCUT2D eigenvalue weighted by Gasteiger charge is 2.42. The summed E-state index contributed by atoms with van der Waals surface area (Å²) in [6, 6.07) is 7.96. The number of pyridine rings is 1. The van der Waals surface area contributed by atoms with Crippen molar-refractivity contribution in [3.05, 3.63) is 48.7 Å². The summed E-state index contributed by atoms with van der Waals surface area (Å²) < 4.78 is 36.9. The van der Waals surface area contributed by atoms with Crippen LogP contribution < -0.4 is 4.74 Å². The number of fused-ring (bicyclic) bond motifs is 4. The van der Waals surface area contributed by atoms with Crippen LogP contribution in [-0.4, -0.2) is 58.8 Å². The normalized spacial score (nSPS) is 27.0. The molecule has 1 unspecified atom stereocenters. The van der Waals surface area contributed by atoms with Crippen molar-refractivity contribution in [1.82, 2.24) is 9.88 Å².